The molecule has 5 heteroatoms. The molecule has 4 nitrogen and oxygen atoms in total. The predicted molar refractivity (Wildman–Crippen MR) is 71.0 cm³/mol. The Labute approximate surface area is 112 Å². The van der Waals surface area contributed by atoms with Gasteiger partial charge in [-0.05, 0) is 31.2 Å². The standard InChI is InChI=1S/C13H17ClN2O2/c1-10-8-15-6-7-16(10)13(17)9-18-12-4-2-11(14)3-5-12/h2-5,10,15H,6-9H2,1H3/t10-/m0/s1. The first kappa shape index (κ1) is 13.2. The fourth-order valence-electron chi connectivity index (χ4n) is 1.97. The van der Waals surface area contributed by atoms with Crippen molar-refractivity contribution < 1.29 is 9.53 Å². The highest BCUT2D eigenvalue weighted by Gasteiger charge is 2.22. The highest BCUT2D eigenvalue weighted by Crippen LogP contribution is 2.15. The maximum absolute atomic E-state index is 12.0. The Hall–Kier alpha value is -1.26. The van der Waals surface area contributed by atoms with E-state index in [2.05, 4.69) is 5.32 Å². The number of halogens is 1. The molecule has 0 saturated carbocycles. The maximum Gasteiger partial charge on any atom is 0.260 e. The number of hydrogen-bond donors (Lipinski definition) is 1. The van der Waals surface area contributed by atoms with Gasteiger partial charge in [0.1, 0.15) is 5.75 Å². The number of amides is 1. The van der Waals surface area contributed by atoms with Gasteiger partial charge in [0.15, 0.2) is 6.61 Å². The Morgan fingerprint density at radius 1 is 1.50 bits per heavy atom. The van der Waals surface area contributed by atoms with Crippen molar-refractivity contribution in [1.29, 1.82) is 0 Å². The summed E-state index contributed by atoms with van der Waals surface area (Å²) in [5.41, 5.74) is 0. The number of benzene rings is 1. The summed E-state index contributed by atoms with van der Waals surface area (Å²) in [6.45, 7) is 4.53. The van der Waals surface area contributed by atoms with Gasteiger partial charge in [-0.1, -0.05) is 11.6 Å². The largest absolute Gasteiger partial charge is 0.484 e. The first-order chi connectivity index (χ1) is 8.66. The van der Waals surface area contributed by atoms with Crippen LogP contribution in [-0.4, -0.2) is 43.1 Å². The van der Waals surface area contributed by atoms with Gasteiger partial charge in [0.25, 0.3) is 5.91 Å². The summed E-state index contributed by atoms with van der Waals surface area (Å²) < 4.78 is 5.45. The van der Waals surface area contributed by atoms with Gasteiger partial charge in [0.05, 0.1) is 0 Å². The zero-order valence-electron chi connectivity index (χ0n) is 10.4. The molecule has 1 heterocycles. The first-order valence-corrected chi connectivity index (χ1v) is 6.43. The van der Waals surface area contributed by atoms with Gasteiger partial charge in [-0.3, -0.25) is 4.79 Å². The molecule has 1 aliphatic rings. The predicted octanol–water partition coefficient (Wildman–Crippen LogP) is 1.54. The summed E-state index contributed by atoms with van der Waals surface area (Å²) in [5.74, 6) is 0.689. The number of piperazine rings is 1. The van der Waals surface area contributed by atoms with E-state index in [9.17, 15) is 4.79 Å². The van der Waals surface area contributed by atoms with E-state index in [0.29, 0.717) is 10.8 Å². The van der Waals surface area contributed by atoms with E-state index in [1.165, 1.54) is 0 Å². The minimum absolute atomic E-state index is 0.0268. The fraction of sp³-hybridized carbons (Fsp3) is 0.462. The van der Waals surface area contributed by atoms with Gasteiger partial charge in [-0.15, -0.1) is 0 Å². The second-order valence-corrected chi connectivity index (χ2v) is 4.82. The smallest absolute Gasteiger partial charge is 0.260 e. The summed E-state index contributed by atoms with van der Waals surface area (Å²) in [5, 5.41) is 3.91. The third kappa shape index (κ3) is 3.37. The monoisotopic (exact) mass is 268 g/mol. The van der Waals surface area contributed by atoms with Crippen LogP contribution < -0.4 is 10.1 Å². The van der Waals surface area contributed by atoms with Crippen LogP contribution in [0.15, 0.2) is 24.3 Å². The SMILES string of the molecule is C[C@H]1CNCCN1C(=O)COc1ccc(Cl)cc1. The van der Waals surface area contributed by atoms with Gasteiger partial charge < -0.3 is 15.0 Å². The summed E-state index contributed by atoms with van der Waals surface area (Å²) in [6.07, 6.45) is 0. The van der Waals surface area contributed by atoms with Crippen LogP contribution >= 0.6 is 11.6 Å². The molecule has 0 bridgehead atoms. The average Bonchev–Trinajstić information content (AvgIpc) is 2.38. The second-order valence-electron chi connectivity index (χ2n) is 4.38. The van der Waals surface area contributed by atoms with Gasteiger partial charge in [0.2, 0.25) is 0 Å². The molecule has 18 heavy (non-hydrogen) atoms. The molecule has 1 aromatic carbocycles. The van der Waals surface area contributed by atoms with E-state index in [0.717, 1.165) is 19.6 Å². The molecular formula is C13H17ClN2O2. The summed E-state index contributed by atoms with van der Waals surface area (Å²) in [4.78, 5) is 13.8. The van der Waals surface area contributed by atoms with Crippen LogP contribution in [0.3, 0.4) is 0 Å². The minimum Gasteiger partial charge on any atom is -0.484 e. The number of carbonyl (C=O) groups excluding carboxylic acids is 1. The van der Waals surface area contributed by atoms with Crippen LogP contribution in [0.5, 0.6) is 5.75 Å². The lowest BCUT2D eigenvalue weighted by atomic mass is 10.2. The van der Waals surface area contributed by atoms with Crippen molar-refractivity contribution in [3.05, 3.63) is 29.3 Å². The maximum atomic E-state index is 12.0. The van der Waals surface area contributed by atoms with Gasteiger partial charge in [-0.25, -0.2) is 0 Å². The van der Waals surface area contributed by atoms with Crippen molar-refractivity contribution in [3.63, 3.8) is 0 Å². The van der Waals surface area contributed by atoms with Crippen LogP contribution in [0.1, 0.15) is 6.92 Å². The molecule has 1 aromatic rings. The molecule has 1 saturated heterocycles. The third-order valence-electron chi connectivity index (χ3n) is 3.00. The molecule has 1 amide bonds. The first-order valence-electron chi connectivity index (χ1n) is 6.05. The Kier molecular flexibility index (Phi) is 4.44. The lowest BCUT2D eigenvalue weighted by Gasteiger charge is -2.33. The topological polar surface area (TPSA) is 41.6 Å². The molecule has 1 atom stereocenters. The quantitative estimate of drug-likeness (QED) is 0.904. The summed E-state index contributed by atoms with van der Waals surface area (Å²) in [7, 11) is 0. The van der Waals surface area contributed by atoms with Crippen LogP contribution in [0.4, 0.5) is 0 Å². The van der Waals surface area contributed by atoms with Gasteiger partial charge in [0, 0.05) is 30.7 Å². The summed E-state index contributed by atoms with van der Waals surface area (Å²) >= 11 is 5.78. The number of nitrogens with zero attached hydrogens (tertiary/aromatic N) is 1. The van der Waals surface area contributed by atoms with E-state index in [-0.39, 0.29) is 18.6 Å². The van der Waals surface area contributed by atoms with E-state index in [4.69, 9.17) is 16.3 Å². The van der Waals surface area contributed by atoms with Crippen molar-refractivity contribution in [1.82, 2.24) is 10.2 Å². The summed E-state index contributed by atoms with van der Waals surface area (Å²) in [6, 6.07) is 7.23. The van der Waals surface area contributed by atoms with Crippen molar-refractivity contribution in [2.75, 3.05) is 26.2 Å². The molecule has 2 rings (SSSR count). The Bertz CT molecular complexity index is 408. The van der Waals surface area contributed by atoms with Crippen molar-refractivity contribution in [2.45, 2.75) is 13.0 Å². The van der Waals surface area contributed by atoms with Crippen LogP contribution in [0.25, 0.3) is 0 Å². The molecule has 1 N–H and O–H groups in total. The number of nitrogens with one attached hydrogen (secondary N) is 1. The average molecular weight is 269 g/mol. The fourth-order valence-corrected chi connectivity index (χ4v) is 2.10. The number of rotatable bonds is 3. The van der Waals surface area contributed by atoms with Crippen LogP contribution in [-0.2, 0) is 4.79 Å². The lowest BCUT2D eigenvalue weighted by Crippen LogP contribution is -2.53. The Morgan fingerprint density at radius 2 is 2.22 bits per heavy atom. The van der Waals surface area contributed by atoms with E-state index in [1.807, 2.05) is 11.8 Å². The molecule has 0 aliphatic carbocycles. The Balaban J connectivity index is 1.85. The van der Waals surface area contributed by atoms with Crippen molar-refractivity contribution >= 4 is 17.5 Å². The van der Waals surface area contributed by atoms with Crippen molar-refractivity contribution in [2.24, 2.45) is 0 Å². The molecule has 0 radical (unpaired) electrons. The van der Waals surface area contributed by atoms with Crippen LogP contribution in [0.2, 0.25) is 5.02 Å². The third-order valence-corrected chi connectivity index (χ3v) is 3.25. The molecule has 0 unspecified atom stereocenters. The van der Waals surface area contributed by atoms with Gasteiger partial charge in [-0.2, -0.15) is 0 Å². The second kappa shape index (κ2) is 6.07. The van der Waals surface area contributed by atoms with E-state index < -0.39 is 0 Å². The number of carbonyl (C=O) groups is 1. The van der Waals surface area contributed by atoms with E-state index in [1.54, 1.807) is 24.3 Å². The zero-order chi connectivity index (χ0) is 13.0. The van der Waals surface area contributed by atoms with E-state index >= 15 is 0 Å². The number of hydrogen-bond acceptors (Lipinski definition) is 3. The number of ether oxygens (including phenoxy) is 1. The molecule has 0 spiro atoms. The molecular weight excluding hydrogens is 252 g/mol. The molecule has 98 valence electrons. The minimum atomic E-state index is 0.0268. The highest BCUT2D eigenvalue weighted by atomic mass is 35.5. The molecule has 1 aliphatic heterocycles. The molecule has 1 fully saturated rings. The Morgan fingerprint density at radius 3 is 2.89 bits per heavy atom. The van der Waals surface area contributed by atoms with Crippen LogP contribution in [0, 0.1) is 0 Å². The van der Waals surface area contributed by atoms with Gasteiger partial charge >= 0.3 is 0 Å². The van der Waals surface area contributed by atoms with Crippen molar-refractivity contribution in [3.8, 4) is 5.75 Å². The zero-order valence-corrected chi connectivity index (χ0v) is 11.1. The molecule has 0 aromatic heterocycles. The normalized spacial score (nSPS) is 19.7. The lowest BCUT2D eigenvalue weighted by molar-refractivity contribution is -0.136. The highest BCUT2D eigenvalue weighted by molar-refractivity contribution is 6.30.